The van der Waals surface area contributed by atoms with Crippen molar-refractivity contribution in [3.63, 3.8) is 0 Å². The largest absolute Gasteiger partial charge is 0.462 e. The first kappa shape index (κ1) is 21.3. The third-order valence-corrected chi connectivity index (χ3v) is 8.89. The number of hydrogen-bond acceptors (Lipinski definition) is 4. The predicted octanol–water partition coefficient (Wildman–Crippen LogP) is 5.08. The summed E-state index contributed by atoms with van der Waals surface area (Å²) in [5.74, 6) is 0.968. The summed E-state index contributed by atoms with van der Waals surface area (Å²) in [6.45, 7) is 13.7. The molecule has 31 heavy (non-hydrogen) atoms. The average Bonchev–Trinajstić information content (AvgIpc) is 3.02. The van der Waals surface area contributed by atoms with Gasteiger partial charge in [0.25, 0.3) is 0 Å². The second-order valence-electron chi connectivity index (χ2n) is 10.6. The van der Waals surface area contributed by atoms with Gasteiger partial charge in [-0.15, -0.1) is 0 Å². The van der Waals surface area contributed by atoms with Gasteiger partial charge in [-0.3, -0.25) is 9.69 Å². The number of rotatable bonds is 3. The van der Waals surface area contributed by atoms with Crippen molar-refractivity contribution < 1.29 is 9.53 Å². The highest BCUT2D eigenvalue weighted by molar-refractivity contribution is 6.30. The van der Waals surface area contributed by atoms with Gasteiger partial charge in [-0.2, -0.15) is 0 Å². The number of aryl methyl sites for hydroxylation is 1. The summed E-state index contributed by atoms with van der Waals surface area (Å²) >= 11 is 6.23. The fraction of sp³-hybridized carbons (Fsp3) is 0.654. The molecule has 2 saturated heterocycles. The molecule has 0 aromatic heterocycles. The van der Waals surface area contributed by atoms with E-state index in [4.69, 9.17) is 16.3 Å². The van der Waals surface area contributed by atoms with Crippen LogP contribution in [0.3, 0.4) is 0 Å². The molecule has 4 aliphatic rings. The van der Waals surface area contributed by atoms with Gasteiger partial charge in [-0.1, -0.05) is 36.7 Å². The van der Waals surface area contributed by atoms with Crippen LogP contribution in [0.1, 0.15) is 44.6 Å². The lowest BCUT2D eigenvalue weighted by atomic mass is 9.55. The molecule has 5 atom stereocenters. The number of halogens is 1. The van der Waals surface area contributed by atoms with Crippen molar-refractivity contribution in [3.8, 4) is 0 Å². The van der Waals surface area contributed by atoms with Gasteiger partial charge in [0.15, 0.2) is 0 Å². The topological polar surface area (TPSA) is 32.8 Å². The van der Waals surface area contributed by atoms with E-state index in [1.807, 2.05) is 6.07 Å². The van der Waals surface area contributed by atoms with E-state index in [1.54, 1.807) is 0 Å². The molecule has 0 radical (unpaired) electrons. The number of piperazine rings is 1. The Morgan fingerprint density at radius 3 is 2.81 bits per heavy atom. The van der Waals surface area contributed by atoms with Crippen molar-refractivity contribution in [1.29, 1.82) is 0 Å². The highest BCUT2D eigenvalue weighted by atomic mass is 35.5. The van der Waals surface area contributed by atoms with Crippen LogP contribution in [0.4, 0.5) is 5.69 Å². The van der Waals surface area contributed by atoms with Gasteiger partial charge in [0, 0.05) is 49.4 Å². The number of carbonyl (C=O) groups excluding carboxylic acids is 1. The number of allylic oxidation sites excluding steroid dienone is 1. The quantitative estimate of drug-likeness (QED) is 0.482. The zero-order valence-corrected chi connectivity index (χ0v) is 19.7. The highest BCUT2D eigenvalue weighted by Gasteiger charge is 2.55. The summed E-state index contributed by atoms with van der Waals surface area (Å²) in [7, 11) is 0. The molecular weight excluding hydrogens is 408 g/mol. The Hall–Kier alpha value is -1.52. The van der Waals surface area contributed by atoms with E-state index in [0.29, 0.717) is 11.8 Å². The minimum Gasteiger partial charge on any atom is -0.462 e. The number of anilines is 1. The number of ether oxygens (including phenoxy) is 1. The molecule has 2 aliphatic heterocycles. The van der Waals surface area contributed by atoms with Gasteiger partial charge >= 0.3 is 5.97 Å². The lowest BCUT2D eigenvalue weighted by molar-refractivity contribution is -0.146. The third-order valence-electron chi connectivity index (χ3n) is 8.66. The van der Waals surface area contributed by atoms with Gasteiger partial charge in [-0.05, 0) is 68.1 Å². The van der Waals surface area contributed by atoms with E-state index >= 15 is 0 Å². The molecule has 1 aromatic rings. The molecular formula is C26H35ClN2O2. The molecule has 2 heterocycles. The van der Waals surface area contributed by atoms with Gasteiger partial charge in [0.05, 0.1) is 5.92 Å². The molecule has 5 unspecified atom stereocenters. The Bertz CT molecular complexity index is 878. The molecule has 5 heteroatoms. The standard InChI is InChI=1S/C26H35ClN2O2/c1-17-5-4-8-26(3)15-24-20(14-22(17)26)21(25(30)31-24)16-28-9-11-29(12-10-28)23-13-19(27)7-6-18(23)2/h6-7,13,20-22,24H,1,4-5,8-12,14-16H2,2-3H3. The molecule has 4 nitrogen and oxygen atoms in total. The van der Waals surface area contributed by atoms with E-state index in [2.05, 4.69) is 42.4 Å². The smallest absolute Gasteiger partial charge is 0.310 e. The number of nitrogens with zero attached hydrogens (tertiary/aromatic N) is 2. The first-order valence-corrected chi connectivity index (χ1v) is 12.3. The van der Waals surface area contributed by atoms with E-state index in [1.165, 1.54) is 29.7 Å². The molecule has 0 bridgehead atoms. The Labute approximate surface area is 191 Å². The van der Waals surface area contributed by atoms with Crippen LogP contribution in [-0.4, -0.2) is 49.7 Å². The fourth-order valence-electron chi connectivity index (χ4n) is 6.84. The van der Waals surface area contributed by atoms with Crippen molar-refractivity contribution in [2.24, 2.45) is 23.2 Å². The van der Waals surface area contributed by atoms with Crippen molar-refractivity contribution in [3.05, 3.63) is 40.9 Å². The highest BCUT2D eigenvalue weighted by Crippen LogP contribution is 2.56. The molecule has 0 spiro atoms. The summed E-state index contributed by atoms with van der Waals surface area (Å²) in [6.07, 6.45) is 5.84. The maximum Gasteiger partial charge on any atom is 0.310 e. The number of esters is 1. The summed E-state index contributed by atoms with van der Waals surface area (Å²) < 4.78 is 5.97. The van der Waals surface area contributed by atoms with Crippen molar-refractivity contribution in [2.45, 2.75) is 52.1 Å². The Morgan fingerprint density at radius 2 is 2.03 bits per heavy atom. The van der Waals surface area contributed by atoms with Crippen LogP contribution in [-0.2, 0) is 9.53 Å². The van der Waals surface area contributed by atoms with Crippen molar-refractivity contribution in [2.75, 3.05) is 37.6 Å². The lowest BCUT2D eigenvalue weighted by Gasteiger charge is -2.50. The fourth-order valence-corrected chi connectivity index (χ4v) is 7.00. The SMILES string of the molecule is C=C1CCCC2(C)CC3OC(=O)C(CN4CCN(c5cc(Cl)ccc5C)CC4)C3CC12. The molecule has 2 saturated carbocycles. The third kappa shape index (κ3) is 3.91. The molecule has 5 rings (SSSR count). The number of fused-ring (bicyclic) bond motifs is 2. The molecule has 168 valence electrons. The monoisotopic (exact) mass is 442 g/mol. The van der Waals surface area contributed by atoms with Crippen LogP contribution in [0.15, 0.2) is 30.4 Å². The summed E-state index contributed by atoms with van der Waals surface area (Å²) in [5, 5.41) is 0.788. The number of hydrogen-bond donors (Lipinski definition) is 0. The minimum absolute atomic E-state index is 0.0173. The zero-order valence-electron chi connectivity index (χ0n) is 18.9. The van der Waals surface area contributed by atoms with Crippen molar-refractivity contribution >= 4 is 23.3 Å². The second-order valence-corrected chi connectivity index (χ2v) is 11.1. The Balaban J connectivity index is 1.23. The van der Waals surface area contributed by atoms with Gasteiger partial charge in [-0.25, -0.2) is 0 Å². The van der Waals surface area contributed by atoms with E-state index in [-0.39, 0.29) is 23.4 Å². The predicted molar refractivity (Wildman–Crippen MR) is 126 cm³/mol. The average molecular weight is 443 g/mol. The van der Waals surface area contributed by atoms with E-state index < -0.39 is 0 Å². The zero-order chi connectivity index (χ0) is 21.8. The molecule has 0 amide bonds. The van der Waals surface area contributed by atoms with E-state index in [0.717, 1.165) is 57.0 Å². The van der Waals surface area contributed by atoms with Crippen LogP contribution in [0.5, 0.6) is 0 Å². The van der Waals surface area contributed by atoms with Crippen LogP contribution in [0.25, 0.3) is 0 Å². The Kier molecular flexibility index (Phi) is 5.58. The van der Waals surface area contributed by atoms with Crippen LogP contribution in [0.2, 0.25) is 5.02 Å². The number of benzene rings is 1. The normalized spacial score (nSPS) is 36.2. The molecule has 0 N–H and O–H groups in total. The second kappa shape index (κ2) is 8.12. The maximum absolute atomic E-state index is 12.9. The first-order valence-electron chi connectivity index (χ1n) is 12.0. The lowest BCUT2D eigenvalue weighted by Crippen LogP contribution is -2.50. The molecule has 2 aliphatic carbocycles. The summed E-state index contributed by atoms with van der Waals surface area (Å²) in [4.78, 5) is 17.8. The van der Waals surface area contributed by atoms with Crippen molar-refractivity contribution in [1.82, 2.24) is 4.90 Å². The minimum atomic E-state index is 0.0173. The first-order chi connectivity index (χ1) is 14.8. The van der Waals surface area contributed by atoms with E-state index in [9.17, 15) is 4.79 Å². The summed E-state index contributed by atoms with van der Waals surface area (Å²) in [5.41, 5.74) is 4.18. The van der Waals surface area contributed by atoms with Crippen LogP contribution in [0, 0.1) is 30.1 Å². The van der Waals surface area contributed by atoms with Gasteiger partial charge in [0.2, 0.25) is 0 Å². The summed E-state index contributed by atoms with van der Waals surface area (Å²) in [6, 6.07) is 6.12. The molecule has 1 aromatic carbocycles. The maximum atomic E-state index is 12.9. The number of carbonyl (C=O) groups is 1. The van der Waals surface area contributed by atoms with Crippen LogP contribution < -0.4 is 4.90 Å². The van der Waals surface area contributed by atoms with Crippen LogP contribution >= 0.6 is 11.6 Å². The molecule has 4 fully saturated rings. The van der Waals surface area contributed by atoms with Gasteiger partial charge < -0.3 is 9.64 Å². The Morgan fingerprint density at radius 1 is 1.26 bits per heavy atom. The van der Waals surface area contributed by atoms with Gasteiger partial charge in [0.1, 0.15) is 6.10 Å².